The van der Waals surface area contributed by atoms with Crippen molar-refractivity contribution < 1.29 is 17.4 Å². The smallest absolute Gasteiger partial charge is 0.259 e. The van der Waals surface area contributed by atoms with E-state index in [1.54, 1.807) is 0 Å². The fraction of sp³-hybridized carbons (Fsp3) is 0.400. The van der Waals surface area contributed by atoms with Crippen LogP contribution in [-0.2, 0) is 28.5 Å². The summed E-state index contributed by atoms with van der Waals surface area (Å²) in [6, 6.07) is 5.26. The summed E-state index contributed by atoms with van der Waals surface area (Å²) < 4.78 is 50.9. The molecule has 1 heterocycles. The highest BCUT2D eigenvalue weighted by molar-refractivity contribution is 7.83. The molecule has 0 fully saturated rings. The van der Waals surface area contributed by atoms with Crippen LogP contribution in [0.15, 0.2) is 29.6 Å². The first-order valence-electron chi connectivity index (χ1n) is 6.71. The molecule has 0 saturated heterocycles. The van der Waals surface area contributed by atoms with Gasteiger partial charge in [0.15, 0.2) is 0 Å². The topological polar surface area (TPSA) is 30.0 Å². The average molecular weight is 347 g/mol. The van der Waals surface area contributed by atoms with Gasteiger partial charge >= 0.3 is 6.18 Å². The van der Waals surface area contributed by atoms with Gasteiger partial charge < -0.3 is 0 Å². The molecule has 0 saturated carbocycles. The Morgan fingerprint density at radius 1 is 1.23 bits per heavy atom. The fourth-order valence-electron chi connectivity index (χ4n) is 1.97. The molecule has 0 aliphatic heterocycles. The maximum atomic E-state index is 12.9. The molecule has 0 aliphatic rings. The number of thiazole rings is 1. The highest BCUT2D eigenvalue weighted by atomic mass is 32.2. The summed E-state index contributed by atoms with van der Waals surface area (Å²) in [4.78, 5) is 4.37. The number of hydrogen-bond donors (Lipinski definition) is 0. The summed E-state index contributed by atoms with van der Waals surface area (Å²) >= 11 is 1.49. The van der Waals surface area contributed by atoms with Gasteiger partial charge in [-0.05, 0) is 11.6 Å². The van der Waals surface area contributed by atoms with Crippen LogP contribution < -0.4 is 0 Å². The van der Waals surface area contributed by atoms with Crippen LogP contribution in [0, 0.1) is 0 Å². The normalized spacial score (nSPS) is 13.5. The van der Waals surface area contributed by atoms with Crippen molar-refractivity contribution in [3.8, 4) is 0 Å². The first kappa shape index (κ1) is 17.1. The van der Waals surface area contributed by atoms with Gasteiger partial charge in [0.1, 0.15) is 0 Å². The maximum Gasteiger partial charge on any atom is 0.416 e. The van der Waals surface area contributed by atoms with Gasteiger partial charge in [-0.15, -0.1) is 11.3 Å². The van der Waals surface area contributed by atoms with Crippen molar-refractivity contribution >= 4 is 22.1 Å². The molecule has 1 aromatic heterocycles. The lowest BCUT2D eigenvalue weighted by Crippen LogP contribution is -2.11. The number of nitrogens with zero attached hydrogens (tertiary/aromatic N) is 1. The SMILES string of the molecule is CC(C)c1nc(C[S@](=O)Cc2ccccc2C(F)(F)F)cs1. The van der Waals surface area contributed by atoms with Crippen LogP contribution in [0.4, 0.5) is 13.2 Å². The first-order valence-corrected chi connectivity index (χ1v) is 9.08. The van der Waals surface area contributed by atoms with Crippen molar-refractivity contribution in [2.24, 2.45) is 0 Å². The second-order valence-corrected chi connectivity index (χ2v) is 7.56. The number of benzene rings is 1. The third-order valence-electron chi connectivity index (χ3n) is 3.01. The molecule has 2 aromatic rings. The van der Waals surface area contributed by atoms with Gasteiger partial charge in [-0.2, -0.15) is 13.2 Å². The maximum absolute atomic E-state index is 12.9. The van der Waals surface area contributed by atoms with Crippen molar-refractivity contribution in [3.63, 3.8) is 0 Å². The van der Waals surface area contributed by atoms with Gasteiger partial charge in [0.05, 0.1) is 22.0 Å². The molecule has 0 radical (unpaired) electrons. The molecule has 7 heteroatoms. The molecule has 120 valence electrons. The van der Waals surface area contributed by atoms with Crippen molar-refractivity contribution in [2.45, 2.75) is 37.4 Å². The Morgan fingerprint density at radius 2 is 1.91 bits per heavy atom. The first-order chi connectivity index (χ1) is 10.3. The van der Waals surface area contributed by atoms with Crippen molar-refractivity contribution in [1.82, 2.24) is 4.98 Å². The number of aromatic nitrogens is 1. The van der Waals surface area contributed by atoms with Crippen LogP contribution in [0.5, 0.6) is 0 Å². The Hall–Kier alpha value is -1.21. The molecular weight excluding hydrogens is 331 g/mol. The van der Waals surface area contributed by atoms with Crippen LogP contribution in [0.1, 0.15) is 41.6 Å². The number of alkyl halides is 3. The molecule has 0 spiro atoms. The Bertz CT molecular complexity index is 665. The highest BCUT2D eigenvalue weighted by Gasteiger charge is 2.33. The van der Waals surface area contributed by atoms with Crippen LogP contribution in [0.25, 0.3) is 0 Å². The number of rotatable bonds is 5. The summed E-state index contributed by atoms with van der Waals surface area (Å²) in [6.45, 7) is 4.03. The molecule has 2 nitrogen and oxygen atoms in total. The Kier molecular flexibility index (Phi) is 5.39. The van der Waals surface area contributed by atoms with Crippen molar-refractivity contribution in [1.29, 1.82) is 0 Å². The molecule has 0 N–H and O–H groups in total. The van der Waals surface area contributed by atoms with Crippen LogP contribution in [0.3, 0.4) is 0 Å². The van der Waals surface area contributed by atoms with E-state index in [4.69, 9.17) is 0 Å². The summed E-state index contributed by atoms with van der Waals surface area (Å²) in [5.74, 6) is 0.345. The van der Waals surface area contributed by atoms with Gasteiger partial charge in [0.25, 0.3) is 0 Å². The summed E-state index contributed by atoms with van der Waals surface area (Å²) in [6.07, 6.45) is -4.42. The Morgan fingerprint density at radius 3 is 2.50 bits per heavy atom. The average Bonchev–Trinajstić information content (AvgIpc) is 2.86. The van der Waals surface area contributed by atoms with Crippen LogP contribution in [0.2, 0.25) is 0 Å². The van der Waals surface area contributed by atoms with Gasteiger partial charge in [-0.3, -0.25) is 4.21 Å². The zero-order valence-electron chi connectivity index (χ0n) is 12.2. The fourth-order valence-corrected chi connectivity index (χ4v) is 4.09. The molecule has 0 bridgehead atoms. The van der Waals surface area contributed by atoms with E-state index >= 15 is 0 Å². The second kappa shape index (κ2) is 6.91. The standard InChI is InChI=1S/C15H16F3NOS2/c1-10(2)14-19-12(7-21-14)9-22(20)8-11-5-3-4-6-13(11)15(16,17)18/h3-7,10H,8-9H2,1-2H3/t22-/m1/s1. The molecule has 2 rings (SSSR count). The van der Waals surface area contributed by atoms with E-state index in [1.165, 1.54) is 29.5 Å². The monoisotopic (exact) mass is 347 g/mol. The second-order valence-electron chi connectivity index (χ2n) is 5.22. The Labute approximate surface area is 133 Å². The molecule has 0 amide bonds. The molecule has 1 aromatic carbocycles. The van der Waals surface area contributed by atoms with Crippen molar-refractivity contribution in [2.75, 3.05) is 0 Å². The zero-order valence-corrected chi connectivity index (χ0v) is 13.8. The lowest BCUT2D eigenvalue weighted by Gasteiger charge is -2.12. The molecule has 22 heavy (non-hydrogen) atoms. The predicted octanol–water partition coefficient (Wildman–Crippen LogP) is 4.73. The third-order valence-corrected chi connectivity index (χ3v) is 5.46. The van der Waals surface area contributed by atoms with E-state index in [2.05, 4.69) is 4.98 Å². The number of hydrogen-bond acceptors (Lipinski definition) is 3. The minimum atomic E-state index is -4.42. The molecule has 0 aliphatic carbocycles. The lowest BCUT2D eigenvalue weighted by atomic mass is 10.1. The molecular formula is C15H16F3NOS2. The predicted molar refractivity (Wildman–Crippen MR) is 83.2 cm³/mol. The largest absolute Gasteiger partial charge is 0.416 e. The van der Waals surface area contributed by atoms with E-state index in [0.717, 1.165) is 11.1 Å². The minimum Gasteiger partial charge on any atom is -0.259 e. The van der Waals surface area contributed by atoms with Gasteiger partial charge in [-0.25, -0.2) is 4.98 Å². The Balaban J connectivity index is 2.09. The van der Waals surface area contributed by atoms with Crippen LogP contribution in [-0.4, -0.2) is 9.19 Å². The van der Waals surface area contributed by atoms with E-state index < -0.39 is 22.5 Å². The third kappa shape index (κ3) is 4.39. The summed E-state index contributed by atoms with van der Waals surface area (Å²) in [5.41, 5.74) is 0.0219. The highest BCUT2D eigenvalue weighted by Crippen LogP contribution is 2.32. The van der Waals surface area contributed by atoms with Gasteiger partial charge in [-0.1, -0.05) is 32.0 Å². The van der Waals surface area contributed by atoms with Gasteiger partial charge in [0, 0.05) is 27.9 Å². The number of halogens is 3. The molecule has 1 atom stereocenters. The summed E-state index contributed by atoms with van der Waals surface area (Å²) in [7, 11) is -1.42. The van der Waals surface area contributed by atoms with Crippen molar-refractivity contribution in [3.05, 3.63) is 51.5 Å². The van der Waals surface area contributed by atoms with E-state index in [9.17, 15) is 17.4 Å². The molecule has 0 unspecified atom stereocenters. The lowest BCUT2D eigenvalue weighted by molar-refractivity contribution is -0.138. The van der Waals surface area contributed by atoms with E-state index in [-0.39, 0.29) is 23.0 Å². The van der Waals surface area contributed by atoms with E-state index in [0.29, 0.717) is 5.69 Å². The zero-order chi connectivity index (χ0) is 16.3. The van der Waals surface area contributed by atoms with E-state index in [1.807, 2.05) is 19.2 Å². The minimum absolute atomic E-state index is 0.0626. The quantitative estimate of drug-likeness (QED) is 0.782. The summed E-state index contributed by atoms with van der Waals surface area (Å²) in [5, 5.41) is 2.77. The van der Waals surface area contributed by atoms with Crippen LogP contribution >= 0.6 is 11.3 Å². The van der Waals surface area contributed by atoms with Gasteiger partial charge in [0.2, 0.25) is 0 Å².